The molecule has 0 radical (unpaired) electrons. The normalized spacial score (nSPS) is 13.0. The quantitative estimate of drug-likeness (QED) is 0.692. The highest BCUT2D eigenvalue weighted by Crippen LogP contribution is 2.16. The van der Waals surface area contributed by atoms with Gasteiger partial charge in [-0.25, -0.2) is 4.79 Å². The van der Waals surface area contributed by atoms with Crippen LogP contribution in [0.3, 0.4) is 0 Å². The Hall–Kier alpha value is -2.41. The average Bonchev–Trinajstić information content (AvgIpc) is 2.48. The Labute approximate surface area is 128 Å². The number of carboxylic acids is 1. The largest absolute Gasteiger partial charge is 0.480 e. The smallest absolute Gasteiger partial charge is 0.326 e. The van der Waals surface area contributed by atoms with Crippen LogP contribution in [0.1, 0.15) is 25.0 Å². The van der Waals surface area contributed by atoms with Crippen LogP contribution in [-0.2, 0) is 23.9 Å². The number of methoxy groups -OCH3 is 1. The molecule has 120 valence electrons. The van der Waals surface area contributed by atoms with Crippen LogP contribution in [0.15, 0.2) is 30.3 Å². The zero-order chi connectivity index (χ0) is 16.5. The number of amides is 1. The molecule has 0 aliphatic heterocycles. The Morgan fingerprint density at radius 1 is 1.23 bits per heavy atom. The van der Waals surface area contributed by atoms with Crippen molar-refractivity contribution >= 4 is 17.8 Å². The van der Waals surface area contributed by atoms with Crippen LogP contribution in [0.2, 0.25) is 0 Å². The zero-order valence-electron chi connectivity index (χ0n) is 12.4. The lowest BCUT2D eigenvalue weighted by molar-refractivity contribution is -0.151. The number of carbonyl (C=O) groups excluding carboxylic acids is 2. The van der Waals surface area contributed by atoms with Gasteiger partial charge >= 0.3 is 11.9 Å². The third-order valence-electron chi connectivity index (χ3n) is 2.87. The summed E-state index contributed by atoms with van der Waals surface area (Å²) >= 11 is 0. The van der Waals surface area contributed by atoms with Gasteiger partial charge in [0.2, 0.25) is 0 Å². The second-order valence-electron chi connectivity index (χ2n) is 4.43. The highest BCUT2D eigenvalue weighted by atomic mass is 16.5. The minimum absolute atomic E-state index is 0.143. The summed E-state index contributed by atoms with van der Waals surface area (Å²) in [6, 6.07) is 7.27. The zero-order valence-corrected chi connectivity index (χ0v) is 12.4. The summed E-state index contributed by atoms with van der Waals surface area (Å²) in [7, 11) is 1.35. The molecule has 7 heteroatoms. The molecular formula is C15H19NO6. The molecule has 0 saturated heterocycles. The van der Waals surface area contributed by atoms with E-state index in [0.29, 0.717) is 5.56 Å². The first-order valence-corrected chi connectivity index (χ1v) is 6.76. The van der Waals surface area contributed by atoms with Crippen LogP contribution >= 0.6 is 0 Å². The lowest BCUT2D eigenvalue weighted by atomic mass is 10.1. The van der Waals surface area contributed by atoms with Gasteiger partial charge in [0.25, 0.3) is 5.91 Å². The summed E-state index contributed by atoms with van der Waals surface area (Å²) < 4.78 is 9.80. The molecule has 0 bridgehead atoms. The van der Waals surface area contributed by atoms with E-state index in [2.05, 4.69) is 5.32 Å². The number of ether oxygens (including phenoxy) is 2. The number of nitrogens with one attached hydrogen (secondary N) is 1. The van der Waals surface area contributed by atoms with Crippen molar-refractivity contribution in [3.8, 4) is 0 Å². The molecule has 1 rings (SSSR count). The fourth-order valence-electron chi connectivity index (χ4n) is 1.86. The minimum atomic E-state index is -1.37. The first-order valence-electron chi connectivity index (χ1n) is 6.76. The van der Waals surface area contributed by atoms with E-state index < -0.39 is 36.4 Å². The van der Waals surface area contributed by atoms with E-state index in [-0.39, 0.29) is 6.61 Å². The second kappa shape index (κ2) is 8.78. The molecule has 1 amide bonds. The first-order chi connectivity index (χ1) is 10.5. The number of benzene rings is 1. The summed E-state index contributed by atoms with van der Waals surface area (Å²) in [5, 5.41) is 11.4. The summed E-state index contributed by atoms with van der Waals surface area (Å²) in [5.41, 5.74) is 0.586. The lowest BCUT2D eigenvalue weighted by Crippen LogP contribution is -2.44. The SMILES string of the molecule is CCOC(=O)C[C@H](NC(=O)[C@H](OC)c1ccccc1)C(=O)O. The third kappa shape index (κ3) is 5.17. The molecule has 1 aromatic rings. The van der Waals surface area contributed by atoms with E-state index in [9.17, 15) is 14.4 Å². The van der Waals surface area contributed by atoms with Crippen molar-refractivity contribution in [3.05, 3.63) is 35.9 Å². The molecular weight excluding hydrogens is 290 g/mol. The predicted molar refractivity (Wildman–Crippen MR) is 77.0 cm³/mol. The monoisotopic (exact) mass is 309 g/mol. The van der Waals surface area contributed by atoms with Gasteiger partial charge in [-0.15, -0.1) is 0 Å². The summed E-state index contributed by atoms with van der Waals surface area (Å²) in [6.07, 6.45) is -1.40. The van der Waals surface area contributed by atoms with Crippen molar-refractivity contribution in [2.24, 2.45) is 0 Å². The van der Waals surface area contributed by atoms with Crippen molar-refractivity contribution in [1.29, 1.82) is 0 Å². The van der Waals surface area contributed by atoms with Crippen molar-refractivity contribution in [2.75, 3.05) is 13.7 Å². The third-order valence-corrected chi connectivity index (χ3v) is 2.87. The molecule has 0 saturated carbocycles. The highest BCUT2D eigenvalue weighted by Gasteiger charge is 2.28. The molecule has 0 aromatic heterocycles. The van der Waals surface area contributed by atoms with Crippen LogP contribution in [0.25, 0.3) is 0 Å². The van der Waals surface area contributed by atoms with Crippen LogP contribution in [0.4, 0.5) is 0 Å². The number of aliphatic carboxylic acids is 1. The van der Waals surface area contributed by atoms with Gasteiger partial charge in [0.15, 0.2) is 6.10 Å². The maximum atomic E-state index is 12.2. The number of hydrogen-bond donors (Lipinski definition) is 2. The van der Waals surface area contributed by atoms with Crippen molar-refractivity contribution in [1.82, 2.24) is 5.32 Å². The standard InChI is InChI=1S/C15H19NO6/c1-3-22-12(17)9-11(15(19)20)16-14(18)13(21-2)10-7-5-4-6-8-10/h4-8,11,13H,3,9H2,1-2H3,(H,16,18)(H,19,20)/t11-,13+/m0/s1. The number of carboxylic acid groups (broad SMARTS) is 1. The lowest BCUT2D eigenvalue weighted by Gasteiger charge is -2.19. The maximum Gasteiger partial charge on any atom is 0.326 e. The fraction of sp³-hybridized carbons (Fsp3) is 0.400. The van der Waals surface area contributed by atoms with E-state index in [0.717, 1.165) is 0 Å². The highest BCUT2D eigenvalue weighted by molar-refractivity contribution is 5.89. The van der Waals surface area contributed by atoms with E-state index >= 15 is 0 Å². The topological polar surface area (TPSA) is 102 Å². The van der Waals surface area contributed by atoms with Gasteiger partial charge in [-0.2, -0.15) is 0 Å². The molecule has 2 N–H and O–H groups in total. The van der Waals surface area contributed by atoms with Crippen LogP contribution in [-0.4, -0.2) is 42.7 Å². The van der Waals surface area contributed by atoms with Crippen LogP contribution in [0, 0.1) is 0 Å². The van der Waals surface area contributed by atoms with Crippen molar-refractivity contribution < 1.29 is 29.0 Å². The number of rotatable bonds is 8. The molecule has 0 unspecified atom stereocenters. The van der Waals surface area contributed by atoms with Gasteiger partial charge in [-0.1, -0.05) is 30.3 Å². The molecule has 0 spiro atoms. The number of esters is 1. The molecule has 0 fully saturated rings. The maximum absolute atomic E-state index is 12.2. The Balaban J connectivity index is 2.77. The van der Waals surface area contributed by atoms with E-state index in [1.54, 1.807) is 37.3 Å². The Kier molecular flexibility index (Phi) is 7.04. The molecule has 1 aromatic carbocycles. The summed E-state index contributed by atoms with van der Waals surface area (Å²) in [6.45, 7) is 1.76. The van der Waals surface area contributed by atoms with E-state index in [1.807, 2.05) is 0 Å². The fourth-order valence-corrected chi connectivity index (χ4v) is 1.86. The number of hydrogen-bond acceptors (Lipinski definition) is 5. The average molecular weight is 309 g/mol. The number of carbonyl (C=O) groups is 3. The van der Waals surface area contributed by atoms with Gasteiger partial charge in [0.1, 0.15) is 6.04 Å². The Bertz CT molecular complexity index is 516. The van der Waals surface area contributed by atoms with E-state index in [4.69, 9.17) is 14.6 Å². The Morgan fingerprint density at radius 2 is 1.86 bits per heavy atom. The van der Waals surface area contributed by atoms with E-state index in [1.165, 1.54) is 7.11 Å². The molecule has 0 aliphatic rings. The van der Waals surface area contributed by atoms with Crippen LogP contribution < -0.4 is 5.32 Å². The molecule has 0 aliphatic carbocycles. The second-order valence-corrected chi connectivity index (χ2v) is 4.43. The Morgan fingerprint density at radius 3 is 2.36 bits per heavy atom. The van der Waals surface area contributed by atoms with Gasteiger partial charge in [-0.3, -0.25) is 9.59 Å². The van der Waals surface area contributed by atoms with Crippen molar-refractivity contribution in [3.63, 3.8) is 0 Å². The van der Waals surface area contributed by atoms with Gasteiger partial charge in [-0.05, 0) is 12.5 Å². The molecule has 2 atom stereocenters. The van der Waals surface area contributed by atoms with Crippen LogP contribution in [0.5, 0.6) is 0 Å². The van der Waals surface area contributed by atoms with Gasteiger partial charge in [0, 0.05) is 7.11 Å². The molecule has 22 heavy (non-hydrogen) atoms. The molecule has 7 nitrogen and oxygen atoms in total. The van der Waals surface area contributed by atoms with Gasteiger partial charge in [0.05, 0.1) is 13.0 Å². The van der Waals surface area contributed by atoms with Crippen molar-refractivity contribution in [2.45, 2.75) is 25.5 Å². The minimum Gasteiger partial charge on any atom is -0.480 e. The summed E-state index contributed by atoms with van der Waals surface area (Å²) in [4.78, 5) is 34.7. The summed E-state index contributed by atoms with van der Waals surface area (Å²) in [5.74, 6) is -2.64. The molecule has 0 heterocycles. The first kappa shape index (κ1) is 17.6. The van der Waals surface area contributed by atoms with Gasteiger partial charge < -0.3 is 19.9 Å². The predicted octanol–water partition coefficient (Wildman–Crippen LogP) is 0.897.